The van der Waals surface area contributed by atoms with Gasteiger partial charge in [-0.05, 0) is 25.3 Å². The van der Waals surface area contributed by atoms with Gasteiger partial charge in [-0.3, -0.25) is 19.2 Å². The Kier molecular flexibility index (Phi) is 3.00. The van der Waals surface area contributed by atoms with Crippen molar-refractivity contribution < 1.29 is 9.63 Å². The molecule has 0 N–H and O–H groups in total. The van der Waals surface area contributed by atoms with Gasteiger partial charge in [0.15, 0.2) is 0 Å². The number of aromatic nitrogens is 2. The Morgan fingerprint density at radius 1 is 1.35 bits per heavy atom. The van der Waals surface area contributed by atoms with E-state index in [0.717, 1.165) is 25.2 Å². The molecule has 3 aliphatic rings. The van der Waals surface area contributed by atoms with Crippen molar-refractivity contribution in [1.82, 2.24) is 19.7 Å². The van der Waals surface area contributed by atoms with Gasteiger partial charge in [0.2, 0.25) is 0 Å². The summed E-state index contributed by atoms with van der Waals surface area (Å²) >= 11 is 0. The lowest BCUT2D eigenvalue weighted by molar-refractivity contribution is -0.174. The largest absolute Gasteiger partial charge is 0.292 e. The first-order valence-electron chi connectivity index (χ1n) is 7.53. The number of hydrogen-bond donors (Lipinski definition) is 0. The van der Waals surface area contributed by atoms with E-state index in [4.69, 9.17) is 4.84 Å². The standard InChI is InChI=1S/C14H20N4O2/c19-14(17-7-2-8-20-17)13-10-16(11-3-1-4-11)9-12-5-6-15-18(12)13/h5-6,11,13H,1-4,7-10H2. The minimum atomic E-state index is -0.229. The van der Waals surface area contributed by atoms with Crippen molar-refractivity contribution in [3.63, 3.8) is 0 Å². The van der Waals surface area contributed by atoms with Gasteiger partial charge in [-0.2, -0.15) is 5.10 Å². The molecule has 1 aliphatic carbocycles. The van der Waals surface area contributed by atoms with E-state index in [1.165, 1.54) is 24.3 Å². The molecule has 4 rings (SSSR count). The van der Waals surface area contributed by atoms with Crippen LogP contribution in [0.2, 0.25) is 0 Å². The molecule has 1 amide bonds. The van der Waals surface area contributed by atoms with Crippen LogP contribution in [0.15, 0.2) is 12.3 Å². The molecule has 20 heavy (non-hydrogen) atoms. The number of fused-ring (bicyclic) bond motifs is 1. The van der Waals surface area contributed by atoms with E-state index in [9.17, 15) is 4.79 Å². The van der Waals surface area contributed by atoms with Crippen LogP contribution in [-0.4, -0.2) is 51.4 Å². The summed E-state index contributed by atoms with van der Waals surface area (Å²) in [6.07, 6.45) is 6.56. The average molecular weight is 276 g/mol. The quantitative estimate of drug-likeness (QED) is 0.807. The average Bonchev–Trinajstić information content (AvgIpc) is 3.05. The second kappa shape index (κ2) is 4.86. The molecule has 0 radical (unpaired) electrons. The van der Waals surface area contributed by atoms with E-state index in [0.29, 0.717) is 19.2 Å². The molecule has 1 saturated carbocycles. The van der Waals surface area contributed by atoms with Gasteiger partial charge >= 0.3 is 0 Å². The molecule has 1 saturated heterocycles. The number of hydroxylamine groups is 2. The smallest absolute Gasteiger partial charge is 0.272 e. The number of carbonyl (C=O) groups excluding carboxylic acids is 1. The minimum Gasteiger partial charge on any atom is -0.292 e. The normalized spacial score (nSPS) is 27.4. The second-order valence-corrected chi connectivity index (χ2v) is 5.92. The van der Waals surface area contributed by atoms with Gasteiger partial charge < -0.3 is 0 Å². The molecular formula is C14H20N4O2. The van der Waals surface area contributed by atoms with Crippen LogP contribution < -0.4 is 0 Å². The van der Waals surface area contributed by atoms with E-state index >= 15 is 0 Å². The lowest BCUT2D eigenvalue weighted by Gasteiger charge is -2.42. The molecular weight excluding hydrogens is 256 g/mol. The van der Waals surface area contributed by atoms with Crippen molar-refractivity contribution in [2.45, 2.75) is 44.3 Å². The molecule has 2 aliphatic heterocycles. The summed E-state index contributed by atoms with van der Waals surface area (Å²) in [6, 6.07) is 2.44. The predicted octanol–water partition coefficient (Wildman–Crippen LogP) is 0.956. The van der Waals surface area contributed by atoms with E-state index < -0.39 is 0 Å². The molecule has 1 aromatic heterocycles. The number of nitrogens with zero attached hydrogens (tertiary/aromatic N) is 4. The number of hydrogen-bond acceptors (Lipinski definition) is 4. The zero-order chi connectivity index (χ0) is 13.5. The molecule has 0 spiro atoms. The van der Waals surface area contributed by atoms with Gasteiger partial charge in [0.25, 0.3) is 5.91 Å². The Balaban J connectivity index is 1.58. The van der Waals surface area contributed by atoms with E-state index in [1.54, 1.807) is 6.20 Å². The third-order valence-electron chi connectivity index (χ3n) is 4.69. The molecule has 6 heteroatoms. The van der Waals surface area contributed by atoms with Crippen molar-refractivity contribution in [2.24, 2.45) is 0 Å². The minimum absolute atomic E-state index is 0.0523. The van der Waals surface area contributed by atoms with Gasteiger partial charge in [-0.15, -0.1) is 0 Å². The Morgan fingerprint density at radius 2 is 2.25 bits per heavy atom. The molecule has 6 nitrogen and oxygen atoms in total. The van der Waals surface area contributed by atoms with Crippen LogP contribution in [0, 0.1) is 0 Å². The first-order valence-corrected chi connectivity index (χ1v) is 7.53. The van der Waals surface area contributed by atoms with Crippen molar-refractivity contribution in [3.05, 3.63) is 18.0 Å². The van der Waals surface area contributed by atoms with Crippen molar-refractivity contribution >= 4 is 5.91 Å². The fourth-order valence-corrected chi connectivity index (χ4v) is 3.32. The van der Waals surface area contributed by atoms with Gasteiger partial charge in [-0.1, -0.05) is 6.42 Å². The van der Waals surface area contributed by atoms with Crippen LogP contribution in [-0.2, 0) is 16.2 Å². The summed E-state index contributed by atoms with van der Waals surface area (Å²) in [4.78, 5) is 20.5. The molecule has 108 valence electrons. The van der Waals surface area contributed by atoms with Crippen LogP contribution in [0.4, 0.5) is 0 Å². The highest BCUT2D eigenvalue weighted by Crippen LogP contribution is 2.31. The van der Waals surface area contributed by atoms with Gasteiger partial charge in [0.1, 0.15) is 6.04 Å². The fourth-order valence-electron chi connectivity index (χ4n) is 3.32. The summed E-state index contributed by atoms with van der Waals surface area (Å²) in [5, 5.41) is 5.88. The predicted molar refractivity (Wildman–Crippen MR) is 71.6 cm³/mol. The first kappa shape index (κ1) is 12.3. The zero-order valence-electron chi connectivity index (χ0n) is 11.6. The maximum absolute atomic E-state index is 12.6. The maximum Gasteiger partial charge on any atom is 0.272 e. The third kappa shape index (κ3) is 1.94. The fraction of sp³-hybridized carbons (Fsp3) is 0.714. The topological polar surface area (TPSA) is 50.6 Å². The summed E-state index contributed by atoms with van der Waals surface area (Å²) < 4.78 is 1.89. The monoisotopic (exact) mass is 276 g/mol. The Hall–Kier alpha value is -1.40. The van der Waals surface area contributed by atoms with Crippen molar-refractivity contribution in [1.29, 1.82) is 0 Å². The van der Waals surface area contributed by atoms with Crippen LogP contribution in [0.3, 0.4) is 0 Å². The lowest BCUT2D eigenvalue weighted by Crippen LogP contribution is -2.50. The molecule has 1 unspecified atom stereocenters. The number of carbonyl (C=O) groups is 1. The third-order valence-corrected chi connectivity index (χ3v) is 4.69. The van der Waals surface area contributed by atoms with E-state index in [2.05, 4.69) is 10.00 Å². The highest BCUT2D eigenvalue weighted by Gasteiger charge is 2.38. The van der Waals surface area contributed by atoms with E-state index in [1.807, 2.05) is 10.7 Å². The number of rotatable bonds is 2. The molecule has 0 aromatic carbocycles. The lowest BCUT2D eigenvalue weighted by atomic mass is 9.90. The van der Waals surface area contributed by atoms with Gasteiger partial charge in [0.05, 0.1) is 18.8 Å². The summed E-state index contributed by atoms with van der Waals surface area (Å²) in [5.41, 5.74) is 1.14. The van der Waals surface area contributed by atoms with Crippen molar-refractivity contribution in [2.75, 3.05) is 19.7 Å². The van der Waals surface area contributed by atoms with Crippen molar-refractivity contribution in [3.8, 4) is 0 Å². The number of amides is 1. The molecule has 2 fully saturated rings. The van der Waals surface area contributed by atoms with E-state index in [-0.39, 0.29) is 11.9 Å². The molecule has 0 bridgehead atoms. The van der Waals surface area contributed by atoms with Crippen LogP contribution >= 0.6 is 0 Å². The zero-order valence-corrected chi connectivity index (χ0v) is 11.6. The van der Waals surface area contributed by atoms with Crippen LogP contribution in [0.1, 0.15) is 37.4 Å². The first-order chi connectivity index (χ1) is 9.83. The molecule has 1 aromatic rings. The van der Waals surface area contributed by atoms with Crippen LogP contribution in [0.5, 0.6) is 0 Å². The summed E-state index contributed by atoms with van der Waals surface area (Å²) in [5.74, 6) is 0.0523. The Morgan fingerprint density at radius 3 is 2.95 bits per heavy atom. The highest BCUT2D eigenvalue weighted by molar-refractivity contribution is 5.80. The molecule has 3 heterocycles. The summed E-state index contributed by atoms with van der Waals surface area (Å²) in [6.45, 7) is 3.03. The highest BCUT2D eigenvalue weighted by atomic mass is 16.7. The summed E-state index contributed by atoms with van der Waals surface area (Å²) in [7, 11) is 0. The Labute approximate surface area is 118 Å². The Bertz CT molecular complexity index is 505. The molecule has 1 atom stereocenters. The second-order valence-electron chi connectivity index (χ2n) is 5.92. The SMILES string of the molecule is O=C(C1CN(C2CCC2)Cc2ccnn21)N1CCCO1. The van der Waals surface area contributed by atoms with Gasteiger partial charge in [0, 0.05) is 25.3 Å². The van der Waals surface area contributed by atoms with Crippen LogP contribution in [0.25, 0.3) is 0 Å². The van der Waals surface area contributed by atoms with Gasteiger partial charge in [-0.25, -0.2) is 5.06 Å². The maximum atomic E-state index is 12.6.